The van der Waals surface area contributed by atoms with Crippen LogP contribution in [0.3, 0.4) is 0 Å². The Morgan fingerprint density at radius 2 is 1.89 bits per heavy atom. The van der Waals surface area contributed by atoms with Crippen LogP contribution in [0.15, 0.2) is 36.9 Å². The van der Waals surface area contributed by atoms with Gasteiger partial charge in [0.25, 0.3) is 0 Å². The third-order valence-electron chi connectivity index (χ3n) is 4.86. The Balaban J connectivity index is 2.09. The molecule has 0 bridgehead atoms. The molecule has 2 rings (SSSR count). The first-order chi connectivity index (χ1) is 12.7. The normalized spacial score (nSPS) is 23.4. The maximum absolute atomic E-state index is 12.7. The molecule has 0 unspecified atom stereocenters. The Labute approximate surface area is 156 Å². The number of hydrogen-bond donors (Lipinski definition) is 2. The van der Waals surface area contributed by atoms with Crippen LogP contribution in [0.1, 0.15) is 31.4 Å². The van der Waals surface area contributed by atoms with Crippen LogP contribution in [0.4, 0.5) is 13.2 Å². The van der Waals surface area contributed by atoms with Crippen LogP contribution in [0.25, 0.3) is 0 Å². The van der Waals surface area contributed by atoms with E-state index in [4.69, 9.17) is 4.74 Å². The Morgan fingerprint density at radius 1 is 1.26 bits per heavy atom. The van der Waals surface area contributed by atoms with Gasteiger partial charge in [-0.05, 0) is 43.4 Å². The number of carbonyl (C=O) groups excluding carboxylic acids is 2. The predicted molar refractivity (Wildman–Crippen MR) is 93.9 cm³/mol. The van der Waals surface area contributed by atoms with Crippen LogP contribution in [-0.4, -0.2) is 31.1 Å². The highest BCUT2D eigenvalue weighted by molar-refractivity contribution is 5.85. The van der Waals surface area contributed by atoms with Crippen molar-refractivity contribution in [3.8, 4) is 5.75 Å². The summed E-state index contributed by atoms with van der Waals surface area (Å²) in [7, 11) is 1.55. The summed E-state index contributed by atoms with van der Waals surface area (Å²) < 4.78 is 42.8. The molecule has 0 saturated heterocycles. The number of carbonyl (C=O) groups is 2. The molecule has 5 nitrogen and oxygen atoms in total. The second-order valence-corrected chi connectivity index (χ2v) is 6.58. The van der Waals surface area contributed by atoms with Crippen LogP contribution in [0, 0.1) is 11.8 Å². The summed E-state index contributed by atoms with van der Waals surface area (Å²) in [6.07, 6.45) is -2.65. The van der Waals surface area contributed by atoms with Gasteiger partial charge in [0.2, 0.25) is 5.91 Å². The lowest BCUT2D eigenvalue weighted by Crippen LogP contribution is -2.49. The number of halogens is 3. The number of nitrogens with one attached hydrogen (secondary N) is 2. The number of amides is 2. The van der Waals surface area contributed by atoms with Crippen LogP contribution < -0.4 is 15.4 Å². The van der Waals surface area contributed by atoms with Crippen LogP contribution in [0.2, 0.25) is 0 Å². The van der Waals surface area contributed by atoms with Crippen molar-refractivity contribution in [2.75, 3.05) is 7.11 Å². The standard InChI is InChI=1S/C19H23F3N2O3/c1-4-12-7-10-15(24-18(26)19(20,21)22)16(12)17(25)23-11(2)13-5-8-14(27-3)9-6-13/h4-6,8-9,11-12,15-16H,1,7,10H2,2-3H3,(H,23,25)(H,24,26)/t11-,12-,15+,16-/m1/s1. The first-order valence-corrected chi connectivity index (χ1v) is 8.62. The summed E-state index contributed by atoms with van der Waals surface area (Å²) >= 11 is 0. The van der Waals surface area contributed by atoms with Crippen molar-refractivity contribution < 1.29 is 27.5 Å². The largest absolute Gasteiger partial charge is 0.497 e. The molecular formula is C19H23F3N2O3. The SMILES string of the molecule is C=C[C@@H]1CC[C@H](NC(=O)C(F)(F)F)[C@@H]1C(=O)N[C@H](C)c1ccc(OC)cc1. The summed E-state index contributed by atoms with van der Waals surface area (Å²) in [5.41, 5.74) is 0.827. The van der Waals surface area contributed by atoms with Crippen molar-refractivity contribution in [2.24, 2.45) is 11.8 Å². The van der Waals surface area contributed by atoms with E-state index in [1.807, 2.05) is 5.32 Å². The highest BCUT2D eigenvalue weighted by Gasteiger charge is 2.45. The van der Waals surface area contributed by atoms with Crippen molar-refractivity contribution in [3.05, 3.63) is 42.5 Å². The fourth-order valence-corrected chi connectivity index (χ4v) is 3.37. The molecule has 1 fully saturated rings. The number of benzene rings is 1. The van der Waals surface area contributed by atoms with Gasteiger partial charge in [0, 0.05) is 6.04 Å². The minimum absolute atomic E-state index is 0.285. The lowest BCUT2D eigenvalue weighted by Gasteiger charge is -2.26. The van der Waals surface area contributed by atoms with Crippen molar-refractivity contribution >= 4 is 11.8 Å². The lowest BCUT2D eigenvalue weighted by molar-refractivity contribution is -0.174. The Morgan fingerprint density at radius 3 is 2.41 bits per heavy atom. The van der Waals surface area contributed by atoms with E-state index in [9.17, 15) is 22.8 Å². The molecule has 1 aromatic carbocycles. The molecule has 2 amide bonds. The molecule has 1 aromatic rings. The van der Waals surface area contributed by atoms with Crippen LogP contribution >= 0.6 is 0 Å². The second kappa shape index (κ2) is 8.45. The zero-order valence-electron chi connectivity index (χ0n) is 15.2. The van der Waals surface area contributed by atoms with Crippen molar-refractivity contribution in [1.29, 1.82) is 0 Å². The molecule has 0 aliphatic heterocycles. The van der Waals surface area contributed by atoms with Crippen molar-refractivity contribution in [1.82, 2.24) is 10.6 Å². The van der Waals surface area contributed by atoms with E-state index in [0.717, 1.165) is 5.56 Å². The highest BCUT2D eigenvalue weighted by Crippen LogP contribution is 2.34. The maximum Gasteiger partial charge on any atom is 0.471 e. The number of methoxy groups -OCH3 is 1. The molecular weight excluding hydrogens is 361 g/mol. The second-order valence-electron chi connectivity index (χ2n) is 6.58. The van der Waals surface area contributed by atoms with E-state index in [0.29, 0.717) is 12.2 Å². The van der Waals surface area contributed by atoms with E-state index < -0.39 is 30.0 Å². The van der Waals surface area contributed by atoms with Gasteiger partial charge in [-0.15, -0.1) is 6.58 Å². The van der Waals surface area contributed by atoms with Gasteiger partial charge in [0.1, 0.15) is 5.75 Å². The van der Waals surface area contributed by atoms with E-state index in [-0.39, 0.29) is 18.4 Å². The van der Waals surface area contributed by atoms with E-state index in [2.05, 4.69) is 11.9 Å². The van der Waals surface area contributed by atoms with Gasteiger partial charge in [-0.2, -0.15) is 13.2 Å². The molecule has 1 saturated carbocycles. The summed E-state index contributed by atoms with van der Waals surface area (Å²) in [5, 5.41) is 4.77. The van der Waals surface area contributed by atoms with Gasteiger partial charge >= 0.3 is 12.1 Å². The molecule has 0 aromatic heterocycles. The molecule has 0 heterocycles. The molecule has 1 aliphatic rings. The molecule has 27 heavy (non-hydrogen) atoms. The van der Waals surface area contributed by atoms with Gasteiger partial charge in [0.05, 0.1) is 19.1 Å². The van der Waals surface area contributed by atoms with E-state index in [1.54, 1.807) is 44.4 Å². The van der Waals surface area contributed by atoms with Gasteiger partial charge in [-0.1, -0.05) is 18.2 Å². The van der Waals surface area contributed by atoms with Gasteiger partial charge in [-0.3, -0.25) is 9.59 Å². The quantitative estimate of drug-likeness (QED) is 0.741. The third-order valence-corrected chi connectivity index (χ3v) is 4.86. The molecule has 148 valence electrons. The van der Waals surface area contributed by atoms with Crippen LogP contribution in [0.5, 0.6) is 5.75 Å². The summed E-state index contributed by atoms with van der Waals surface area (Å²) in [5.74, 6) is -2.86. The van der Waals surface area contributed by atoms with Gasteiger partial charge in [-0.25, -0.2) is 0 Å². The van der Waals surface area contributed by atoms with Gasteiger partial charge < -0.3 is 15.4 Å². The van der Waals surface area contributed by atoms with Crippen molar-refractivity contribution in [2.45, 2.75) is 38.0 Å². The lowest BCUT2D eigenvalue weighted by atomic mass is 9.92. The zero-order valence-corrected chi connectivity index (χ0v) is 15.2. The molecule has 4 atom stereocenters. The minimum Gasteiger partial charge on any atom is -0.497 e. The first-order valence-electron chi connectivity index (χ1n) is 8.62. The average Bonchev–Trinajstić information content (AvgIpc) is 3.03. The highest BCUT2D eigenvalue weighted by atomic mass is 19.4. The number of rotatable bonds is 6. The molecule has 8 heteroatoms. The minimum atomic E-state index is -4.98. The zero-order chi connectivity index (χ0) is 20.2. The number of alkyl halides is 3. The predicted octanol–water partition coefficient (Wildman–Crippen LogP) is 3.13. The Hall–Kier alpha value is -2.51. The van der Waals surface area contributed by atoms with E-state index >= 15 is 0 Å². The average molecular weight is 384 g/mol. The maximum atomic E-state index is 12.7. The van der Waals surface area contributed by atoms with Crippen LogP contribution in [-0.2, 0) is 9.59 Å². The number of allylic oxidation sites excluding steroid dienone is 1. The fourth-order valence-electron chi connectivity index (χ4n) is 3.37. The third kappa shape index (κ3) is 5.02. The Bertz CT molecular complexity index is 688. The summed E-state index contributed by atoms with van der Waals surface area (Å²) in [6, 6.07) is 5.87. The number of ether oxygens (including phenoxy) is 1. The summed E-state index contributed by atoms with van der Waals surface area (Å²) in [4.78, 5) is 24.0. The molecule has 0 radical (unpaired) electrons. The fraction of sp³-hybridized carbons (Fsp3) is 0.474. The number of hydrogen-bond acceptors (Lipinski definition) is 3. The topological polar surface area (TPSA) is 67.4 Å². The van der Waals surface area contributed by atoms with Crippen molar-refractivity contribution in [3.63, 3.8) is 0 Å². The molecule has 1 aliphatic carbocycles. The smallest absolute Gasteiger partial charge is 0.471 e. The monoisotopic (exact) mass is 384 g/mol. The molecule has 0 spiro atoms. The molecule has 2 N–H and O–H groups in total. The van der Waals surface area contributed by atoms with E-state index in [1.165, 1.54) is 0 Å². The Kier molecular flexibility index (Phi) is 6.51. The summed E-state index contributed by atoms with van der Waals surface area (Å²) in [6.45, 7) is 5.44. The first kappa shape index (κ1) is 20.8. The van der Waals surface area contributed by atoms with Gasteiger partial charge in [0.15, 0.2) is 0 Å².